The summed E-state index contributed by atoms with van der Waals surface area (Å²) in [5.41, 5.74) is 3.66. The van der Waals surface area contributed by atoms with Gasteiger partial charge in [-0.15, -0.1) is 0 Å². The molecule has 0 saturated carbocycles. The summed E-state index contributed by atoms with van der Waals surface area (Å²) < 4.78 is 6.01. The molecule has 0 aromatic heterocycles. The van der Waals surface area contributed by atoms with Gasteiger partial charge in [0.15, 0.2) is 0 Å². The number of hydrogen-bond donors (Lipinski definition) is 2. The molecule has 2 unspecified atom stereocenters. The maximum Gasteiger partial charge on any atom is 0.303 e. The van der Waals surface area contributed by atoms with Crippen molar-refractivity contribution in [2.75, 3.05) is 11.9 Å². The van der Waals surface area contributed by atoms with Crippen molar-refractivity contribution in [2.45, 2.75) is 84.8 Å². The molecule has 1 aromatic rings. The molecule has 0 aliphatic rings. The van der Waals surface area contributed by atoms with E-state index in [2.05, 4.69) is 68.6 Å². The Labute approximate surface area is 177 Å². The predicted octanol–water partition coefficient (Wildman–Crippen LogP) is 6.38. The Bertz CT molecular complexity index is 634. The summed E-state index contributed by atoms with van der Waals surface area (Å²) in [7, 11) is 0. The average Bonchev–Trinajstić information content (AvgIpc) is 2.70. The van der Waals surface area contributed by atoms with Crippen LogP contribution in [0.3, 0.4) is 0 Å². The van der Waals surface area contributed by atoms with Crippen LogP contribution in [0, 0.1) is 0 Å². The minimum Gasteiger partial charge on any atom is -0.481 e. The van der Waals surface area contributed by atoms with Gasteiger partial charge in [0.2, 0.25) is 0 Å². The molecular formula is C25H39NO3. The Kier molecular flexibility index (Phi) is 12.8. The van der Waals surface area contributed by atoms with E-state index in [1.54, 1.807) is 0 Å². The highest BCUT2D eigenvalue weighted by Gasteiger charge is 2.06. The minimum atomic E-state index is -0.712. The second-order valence-electron chi connectivity index (χ2n) is 7.76. The lowest BCUT2D eigenvalue weighted by Crippen LogP contribution is -2.15. The molecule has 2 N–H and O–H groups in total. The molecule has 0 radical (unpaired) electrons. The zero-order chi connectivity index (χ0) is 21.5. The van der Waals surface area contributed by atoms with Crippen LogP contribution >= 0.6 is 0 Å². The lowest BCUT2D eigenvalue weighted by molar-refractivity contribution is -0.137. The van der Waals surface area contributed by atoms with Crippen LogP contribution in [0.1, 0.15) is 71.8 Å². The van der Waals surface area contributed by atoms with Crippen molar-refractivity contribution in [2.24, 2.45) is 0 Å². The maximum absolute atomic E-state index is 10.5. The molecule has 4 heteroatoms. The molecule has 0 saturated heterocycles. The number of carboxylic acids is 1. The number of allylic oxidation sites excluding steroid dienone is 3. The number of rotatable bonds is 15. The summed E-state index contributed by atoms with van der Waals surface area (Å²) in [5.74, 6) is -0.712. The quantitative estimate of drug-likeness (QED) is 0.264. The molecule has 2 atom stereocenters. The molecule has 29 heavy (non-hydrogen) atoms. The van der Waals surface area contributed by atoms with E-state index in [1.807, 2.05) is 6.92 Å². The first-order valence-corrected chi connectivity index (χ1v) is 10.9. The SMILES string of the molecule is C/C=C(C)\C=C/C(C)OC(C)CCCCNc1ccc(CCCCC(=O)O)cc1. The van der Waals surface area contributed by atoms with Crippen molar-refractivity contribution in [1.29, 1.82) is 0 Å². The van der Waals surface area contributed by atoms with Crippen molar-refractivity contribution >= 4 is 11.7 Å². The molecule has 0 amide bonds. The van der Waals surface area contributed by atoms with Gasteiger partial charge in [0.05, 0.1) is 12.2 Å². The van der Waals surface area contributed by atoms with Crippen LogP contribution in [-0.2, 0) is 16.0 Å². The highest BCUT2D eigenvalue weighted by Crippen LogP contribution is 2.13. The van der Waals surface area contributed by atoms with E-state index in [9.17, 15) is 4.79 Å². The van der Waals surface area contributed by atoms with Gasteiger partial charge in [-0.3, -0.25) is 4.79 Å². The number of aryl methyl sites for hydroxylation is 1. The molecule has 1 aromatic carbocycles. The lowest BCUT2D eigenvalue weighted by atomic mass is 10.1. The van der Waals surface area contributed by atoms with Gasteiger partial charge in [-0.25, -0.2) is 0 Å². The number of carbonyl (C=O) groups is 1. The van der Waals surface area contributed by atoms with Crippen molar-refractivity contribution < 1.29 is 14.6 Å². The highest BCUT2D eigenvalue weighted by atomic mass is 16.5. The molecule has 4 nitrogen and oxygen atoms in total. The Morgan fingerprint density at radius 1 is 1.14 bits per heavy atom. The average molecular weight is 402 g/mol. The molecular weight excluding hydrogens is 362 g/mol. The fourth-order valence-corrected chi connectivity index (χ4v) is 3.05. The van der Waals surface area contributed by atoms with E-state index in [0.29, 0.717) is 0 Å². The van der Waals surface area contributed by atoms with Gasteiger partial charge in [0.1, 0.15) is 0 Å². The van der Waals surface area contributed by atoms with Crippen molar-refractivity contribution in [3.05, 3.63) is 53.6 Å². The third kappa shape index (κ3) is 12.9. The third-order valence-electron chi connectivity index (χ3n) is 4.96. The first-order chi connectivity index (χ1) is 13.9. The zero-order valence-electron chi connectivity index (χ0n) is 18.6. The van der Waals surface area contributed by atoms with E-state index < -0.39 is 5.97 Å². The van der Waals surface area contributed by atoms with Crippen LogP contribution in [0.2, 0.25) is 0 Å². The highest BCUT2D eigenvalue weighted by molar-refractivity contribution is 5.66. The molecule has 0 aliphatic carbocycles. The minimum absolute atomic E-state index is 0.140. The van der Waals surface area contributed by atoms with Gasteiger partial charge in [-0.05, 0) is 83.9 Å². The fourth-order valence-electron chi connectivity index (χ4n) is 3.05. The van der Waals surface area contributed by atoms with Crippen LogP contribution < -0.4 is 5.32 Å². The molecule has 162 valence electrons. The molecule has 0 spiro atoms. The molecule has 0 aliphatic heterocycles. The van der Waals surface area contributed by atoms with Crippen LogP contribution in [-0.4, -0.2) is 29.8 Å². The smallest absolute Gasteiger partial charge is 0.303 e. The van der Waals surface area contributed by atoms with E-state index >= 15 is 0 Å². The van der Waals surface area contributed by atoms with Gasteiger partial charge in [0.25, 0.3) is 0 Å². The number of hydrogen-bond acceptors (Lipinski definition) is 3. The second kappa shape index (κ2) is 14.9. The van der Waals surface area contributed by atoms with Gasteiger partial charge in [0, 0.05) is 18.7 Å². The number of ether oxygens (including phenoxy) is 1. The number of nitrogens with one attached hydrogen (secondary N) is 1. The monoisotopic (exact) mass is 401 g/mol. The van der Waals surface area contributed by atoms with Gasteiger partial charge in [-0.1, -0.05) is 35.9 Å². The summed E-state index contributed by atoms with van der Waals surface area (Å²) >= 11 is 0. The van der Waals surface area contributed by atoms with E-state index in [4.69, 9.17) is 9.84 Å². The summed E-state index contributed by atoms with van der Waals surface area (Å²) in [6.45, 7) is 9.33. The van der Waals surface area contributed by atoms with E-state index in [-0.39, 0.29) is 18.6 Å². The topological polar surface area (TPSA) is 58.6 Å². The summed E-state index contributed by atoms with van der Waals surface area (Å²) in [6, 6.07) is 8.48. The van der Waals surface area contributed by atoms with Gasteiger partial charge in [-0.2, -0.15) is 0 Å². The third-order valence-corrected chi connectivity index (χ3v) is 4.96. The zero-order valence-corrected chi connectivity index (χ0v) is 18.6. The van der Waals surface area contributed by atoms with Gasteiger partial charge >= 0.3 is 5.97 Å². The molecule has 0 fully saturated rings. The fraction of sp³-hybridized carbons (Fsp3) is 0.560. The van der Waals surface area contributed by atoms with E-state index in [0.717, 1.165) is 50.8 Å². The normalized spacial score (nSPS) is 14.1. The predicted molar refractivity (Wildman–Crippen MR) is 123 cm³/mol. The number of unbranched alkanes of at least 4 members (excludes halogenated alkanes) is 2. The maximum atomic E-state index is 10.5. The number of aliphatic carboxylic acids is 1. The first-order valence-electron chi connectivity index (χ1n) is 10.9. The van der Waals surface area contributed by atoms with Crippen LogP contribution in [0.5, 0.6) is 0 Å². The van der Waals surface area contributed by atoms with Crippen LogP contribution in [0.25, 0.3) is 0 Å². The number of carboxylic acid groups (broad SMARTS) is 1. The summed E-state index contributed by atoms with van der Waals surface area (Å²) in [5, 5.41) is 12.1. The lowest BCUT2D eigenvalue weighted by Gasteiger charge is -2.17. The van der Waals surface area contributed by atoms with E-state index in [1.165, 1.54) is 11.1 Å². The molecule has 1 rings (SSSR count). The van der Waals surface area contributed by atoms with Crippen molar-refractivity contribution in [3.8, 4) is 0 Å². The Hall–Kier alpha value is -2.07. The van der Waals surface area contributed by atoms with Crippen molar-refractivity contribution in [1.82, 2.24) is 0 Å². The molecule has 0 bridgehead atoms. The second-order valence-corrected chi connectivity index (χ2v) is 7.76. The van der Waals surface area contributed by atoms with Crippen LogP contribution in [0.15, 0.2) is 48.1 Å². The van der Waals surface area contributed by atoms with Crippen LogP contribution in [0.4, 0.5) is 5.69 Å². The summed E-state index contributed by atoms with van der Waals surface area (Å²) in [6.07, 6.45) is 12.9. The Morgan fingerprint density at radius 3 is 2.52 bits per heavy atom. The number of benzene rings is 1. The van der Waals surface area contributed by atoms with Gasteiger partial charge < -0.3 is 15.2 Å². The van der Waals surface area contributed by atoms with Crippen molar-refractivity contribution in [3.63, 3.8) is 0 Å². The molecule has 0 heterocycles. The number of anilines is 1. The first kappa shape index (κ1) is 25.0. The Morgan fingerprint density at radius 2 is 1.86 bits per heavy atom. The Balaban J connectivity index is 2.15. The largest absolute Gasteiger partial charge is 0.481 e. The summed E-state index contributed by atoms with van der Waals surface area (Å²) in [4.78, 5) is 10.5. The standard InChI is InChI=1S/C25H39NO3/c1-5-20(2)13-14-22(4)29-21(3)10-8-9-19-26-24-17-15-23(16-18-24)11-6-7-12-25(27)28/h5,13-18,21-22,26H,6-12,19H2,1-4H3,(H,27,28)/b14-13-,20-5-.